The molecule has 0 heterocycles. The summed E-state index contributed by atoms with van der Waals surface area (Å²) in [4.78, 5) is 23.8. The molecule has 0 aliphatic carbocycles. The molecule has 0 saturated carbocycles. The van der Waals surface area contributed by atoms with Crippen LogP contribution in [-0.2, 0) is 14.8 Å². The van der Waals surface area contributed by atoms with Gasteiger partial charge in [0.05, 0.1) is 22.9 Å². The molecular weight excluding hydrogens is 430 g/mol. The van der Waals surface area contributed by atoms with Gasteiger partial charge in [0.2, 0.25) is 5.91 Å². The van der Waals surface area contributed by atoms with Crippen LogP contribution in [0, 0.1) is 0 Å². The summed E-state index contributed by atoms with van der Waals surface area (Å²) in [5.74, 6) is -0.309. The predicted octanol–water partition coefficient (Wildman–Crippen LogP) is 4.10. The monoisotopic (exact) mass is 453 g/mol. The molecular formula is C23H23N3O5S. The lowest BCUT2D eigenvalue weighted by Gasteiger charge is -2.15. The van der Waals surface area contributed by atoms with Gasteiger partial charge >= 0.3 is 0 Å². The lowest BCUT2D eigenvalue weighted by atomic mass is 10.2. The van der Waals surface area contributed by atoms with Crippen LogP contribution in [0.3, 0.4) is 0 Å². The van der Waals surface area contributed by atoms with E-state index in [1.54, 1.807) is 55.5 Å². The van der Waals surface area contributed by atoms with Gasteiger partial charge in [-0.15, -0.1) is 0 Å². The Bertz CT molecular complexity index is 1230. The van der Waals surface area contributed by atoms with Crippen molar-refractivity contribution in [2.75, 3.05) is 22.0 Å². The fourth-order valence-electron chi connectivity index (χ4n) is 2.92. The van der Waals surface area contributed by atoms with Gasteiger partial charge < -0.3 is 15.4 Å². The Balaban J connectivity index is 1.89. The number of hydrogen-bond donors (Lipinski definition) is 3. The third kappa shape index (κ3) is 5.86. The Kier molecular flexibility index (Phi) is 7.11. The summed E-state index contributed by atoms with van der Waals surface area (Å²) in [6, 6.07) is 19.1. The van der Waals surface area contributed by atoms with E-state index in [1.165, 1.54) is 31.2 Å². The standard InChI is InChI=1S/C23H23N3O5S/c1-3-31-22-13-12-20(15-21(22)25-23(28)17-8-5-4-6-9-17)32(29,30)26-19-11-7-10-18(14-19)24-16(2)27/h4-15,26H,3H2,1-2H3,(H,24,27)(H,25,28). The van der Waals surface area contributed by atoms with Gasteiger partial charge in [-0.2, -0.15) is 0 Å². The van der Waals surface area contributed by atoms with Crippen LogP contribution in [0.2, 0.25) is 0 Å². The van der Waals surface area contributed by atoms with Crippen molar-refractivity contribution in [1.29, 1.82) is 0 Å². The minimum Gasteiger partial charge on any atom is -0.492 e. The van der Waals surface area contributed by atoms with E-state index >= 15 is 0 Å². The van der Waals surface area contributed by atoms with E-state index in [2.05, 4.69) is 15.4 Å². The van der Waals surface area contributed by atoms with Crippen LogP contribution in [0.25, 0.3) is 0 Å². The minimum atomic E-state index is -3.98. The van der Waals surface area contributed by atoms with Crippen LogP contribution < -0.4 is 20.1 Å². The summed E-state index contributed by atoms with van der Waals surface area (Å²) in [5, 5.41) is 5.32. The van der Waals surface area contributed by atoms with Crippen molar-refractivity contribution in [3.05, 3.63) is 78.4 Å². The highest BCUT2D eigenvalue weighted by Gasteiger charge is 2.19. The highest BCUT2D eigenvalue weighted by atomic mass is 32.2. The van der Waals surface area contributed by atoms with Crippen molar-refractivity contribution < 1.29 is 22.7 Å². The lowest BCUT2D eigenvalue weighted by Crippen LogP contribution is -2.16. The molecule has 0 unspecified atom stereocenters. The molecule has 0 aliphatic heterocycles. The maximum absolute atomic E-state index is 13.0. The van der Waals surface area contributed by atoms with E-state index in [9.17, 15) is 18.0 Å². The average Bonchev–Trinajstić information content (AvgIpc) is 2.75. The third-order valence-electron chi connectivity index (χ3n) is 4.28. The molecule has 0 spiro atoms. The van der Waals surface area contributed by atoms with E-state index in [-0.39, 0.29) is 22.2 Å². The van der Waals surface area contributed by atoms with Crippen molar-refractivity contribution in [1.82, 2.24) is 0 Å². The van der Waals surface area contributed by atoms with Crippen LogP contribution in [0.15, 0.2) is 77.7 Å². The zero-order chi connectivity index (χ0) is 23.1. The second kappa shape index (κ2) is 9.97. The smallest absolute Gasteiger partial charge is 0.261 e. The predicted molar refractivity (Wildman–Crippen MR) is 124 cm³/mol. The van der Waals surface area contributed by atoms with Gasteiger partial charge in [0.25, 0.3) is 15.9 Å². The van der Waals surface area contributed by atoms with E-state index in [1.807, 2.05) is 0 Å². The molecule has 3 N–H and O–H groups in total. The number of amides is 2. The van der Waals surface area contributed by atoms with Crippen molar-refractivity contribution >= 4 is 38.9 Å². The molecule has 2 amide bonds. The molecule has 0 aliphatic rings. The second-order valence-corrected chi connectivity index (χ2v) is 8.46. The van der Waals surface area contributed by atoms with Crippen LogP contribution in [0.1, 0.15) is 24.2 Å². The minimum absolute atomic E-state index is 0.0609. The maximum atomic E-state index is 13.0. The Morgan fingerprint density at radius 1 is 0.875 bits per heavy atom. The number of rotatable bonds is 8. The maximum Gasteiger partial charge on any atom is 0.261 e. The summed E-state index contributed by atoms with van der Waals surface area (Å²) in [7, 11) is -3.98. The summed E-state index contributed by atoms with van der Waals surface area (Å²) in [6.45, 7) is 3.49. The second-order valence-electron chi connectivity index (χ2n) is 6.78. The molecule has 0 saturated heterocycles. The molecule has 0 atom stereocenters. The van der Waals surface area contributed by atoms with Crippen LogP contribution in [0.5, 0.6) is 5.75 Å². The van der Waals surface area contributed by atoms with Crippen molar-refractivity contribution in [3.63, 3.8) is 0 Å². The van der Waals surface area contributed by atoms with Crippen molar-refractivity contribution in [2.24, 2.45) is 0 Å². The molecule has 0 radical (unpaired) electrons. The quantitative estimate of drug-likeness (QED) is 0.475. The van der Waals surface area contributed by atoms with Gasteiger partial charge in [-0.3, -0.25) is 14.3 Å². The van der Waals surface area contributed by atoms with Gasteiger partial charge in [-0.05, 0) is 55.5 Å². The van der Waals surface area contributed by atoms with E-state index in [0.29, 0.717) is 23.6 Å². The van der Waals surface area contributed by atoms with Gasteiger partial charge in [0.15, 0.2) is 0 Å². The Morgan fingerprint density at radius 3 is 2.28 bits per heavy atom. The summed E-state index contributed by atoms with van der Waals surface area (Å²) in [5.41, 5.74) is 1.40. The van der Waals surface area contributed by atoms with Crippen LogP contribution in [0.4, 0.5) is 17.1 Å². The highest BCUT2D eigenvalue weighted by molar-refractivity contribution is 7.92. The van der Waals surface area contributed by atoms with Gasteiger partial charge in [0.1, 0.15) is 5.75 Å². The first kappa shape index (κ1) is 22.8. The molecule has 166 valence electrons. The Morgan fingerprint density at radius 2 is 1.59 bits per heavy atom. The molecule has 3 aromatic rings. The number of carbonyl (C=O) groups excluding carboxylic acids is 2. The average molecular weight is 454 g/mol. The normalized spacial score (nSPS) is 10.8. The fourth-order valence-corrected chi connectivity index (χ4v) is 3.99. The summed E-state index contributed by atoms with van der Waals surface area (Å²) in [6.07, 6.45) is 0. The SMILES string of the molecule is CCOc1ccc(S(=O)(=O)Nc2cccc(NC(C)=O)c2)cc1NC(=O)c1ccccc1. The summed E-state index contributed by atoms with van der Waals surface area (Å²) < 4.78 is 33.9. The zero-order valence-electron chi connectivity index (χ0n) is 17.6. The Hall–Kier alpha value is -3.85. The molecule has 0 fully saturated rings. The lowest BCUT2D eigenvalue weighted by molar-refractivity contribution is -0.114. The molecule has 3 rings (SSSR count). The number of carbonyl (C=O) groups is 2. The number of sulfonamides is 1. The molecule has 0 aromatic heterocycles. The van der Waals surface area contributed by atoms with Gasteiger partial charge in [0, 0.05) is 18.2 Å². The molecule has 0 bridgehead atoms. The van der Waals surface area contributed by atoms with Crippen molar-refractivity contribution in [2.45, 2.75) is 18.7 Å². The Labute approximate surface area is 186 Å². The van der Waals surface area contributed by atoms with E-state index in [0.717, 1.165) is 0 Å². The van der Waals surface area contributed by atoms with Gasteiger partial charge in [-0.25, -0.2) is 8.42 Å². The first-order chi connectivity index (χ1) is 15.3. The fraction of sp³-hybridized carbons (Fsp3) is 0.130. The third-order valence-corrected chi connectivity index (χ3v) is 5.66. The number of hydrogen-bond acceptors (Lipinski definition) is 5. The molecule has 8 nitrogen and oxygen atoms in total. The van der Waals surface area contributed by atoms with E-state index < -0.39 is 15.9 Å². The topological polar surface area (TPSA) is 114 Å². The first-order valence-electron chi connectivity index (χ1n) is 9.82. The van der Waals surface area contributed by atoms with Crippen molar-refractivity contribution in [3.8, 4) is 5.75 Å². The zero-order valence-corrected chi connectivity index (χ0v) is 18.4. The molecule has 3 aromatic carbocycles. The highest BCUT2D eigenvalue weighted by Crippen LogP contribution is 2.29. The number of anilines is 3. The largest absolute Gasteiger partial charge is 0.492 e. The number of ether oxygens (including phenoxy) is 1. The number of benzene rings is 3. The summed E-state index contributed by atoms with van der Waals surface area (Å²) >= 11 is 0. The van der Waals surface area contributed by atoms with Crippen LogP contribution >= 0.6 is 0 Å². The van der Waals surface area contributed by atoms with Crippen LogP contribution in [-0.4, -0.2) is 26.8 Å². The molecule has 9 heteroatoms. The van der Waals surface area contributed by atoms with Gasteiger partial charge in [-0.1, -0.05) is 24.3 Å². The number of nitrogens with one attached hydrogen (secondary N) is 3. The van der Waals surface area contributed by atoms with E-state index in [4.69, 9.17) is 4.74 Å². The first-order valence-corrected chi connectivity index (χ1v) is 11.3. The molecule has 32 heavy (non-hydrogen) atoms.